The molecule has 3 rings (SSSR count). The second-order valence-corrected chi connectivity index (χ2v) is 10.3. The molecule has 0 bridgehead atoms. The van der Waals surface area contributed by atoms with Gasteiger partial charge in [0.15, 0.2) is 0 Å². The SMILES string of the molecule is C=C(CC1(c2ccccc2)C(=O)Oc2c(C(C)(C)C)cc(C(C)(C)C)cc21)C(=O)OC. The zero-order valence-electron chi connectivity index (χ0n) is 19.6. The van der Waals surface area contributed by atoms with Crippen LogP contribution in [-0.4, -0.2) is 19.0 Å². The summed E-state index contributed by atoms with van der Waals surface area (Å²) < 4.78 is 10.9. The molecule has 4 heteroatoms. The molecular weight excluding hydrogens is 388 g/mol. The van der Waals surface area contributed by atoms with Crippen LogP contribution in [0.15, 0.2) is 54.6 Å². The molecule has 2 aromatic carbocycles. The monoisotopic (exact) mass is 420 g/mol. The second-order valence-electron chi connectivity index (χ2n) is 10.3. The van der Waals surface area contributed by atoms with E-state index in [1.54, 1.807) is 0 Å². The first-order valence-corrected chi connectivity index (χ1v) is 10.6. The molecule has 1 heterocycles. The van der Waals surface area contributed by atoms with Gasteiger partial charge in [-0.25, -0.2) is 4.79 Å². The minimum absolute atomic E-state index is 0.0900. The number of rotatable bonds is 4. The first-order chi connectivity index (χ1) is 14.3. The van der Waals surface area contributed by atoms with Gasteiger partial charge in [0.2, 0.25) is 0 Å². The van der Waals surface area contributed by atoms with Crippen molar-refractivity contribution in [3.05, 3.63) is 76.9 Å². The van der Waals surface area contributed by atoms with Crippen LogP contribution in [-0.2, 0) is 30.6 Å². The van der Waals surface area contributed by atoms with Crippen molar-refractivity contribution in [2.45, 2.75) is 64.2 Å². The van der Waals surface area contributed by atoms with Gasteiger partial charge in [-0.1, -0.05) is 90.6 Å². The zero-order chi connectivity index (χ0) is 23.2. The van der Waals surface area contributed by atoms with E-state index in [4.69, 9.17) is 9.47 Å². The van der Waals surface area contributed by atoms with Gasteiger partial charge in [0.25, 0.3) is 0 Å². The topological polar surface area (TPSA) is 52.6 Å². The fourth-order valence-electron chi connectivity index (χ4n) is 4.14. The third kappa shape index (κ3) is 3.91. The molecule has 0 amide bonds. The molecule has 0 N–H and O–H groups in total. The average molecular weight is 421 g/mol. The number of benzene rings is 2. The molecular formula is C27H32O4. The van der Waals surface area contributed by atoms with E-state index in [2.05, 4.69) is 60.3 Å². The molecule has 164 valence electrons. The van der Waals surface area contributed by atoms with Gasteiger partial charge in [0, 0.05) is 23.1 Å². The first-order valence-electron chi connectivity index (χ1n) is 10.6. The van der Waals surface area contributed by atoms with E-state index >= 15 is 0 Å². The van der Waals surface area contributed by atoms with Crippen molar-refractivity contribution < 1.29 is 19.1 Å². The Balaban J connectivity index is 2.39. The molecule has 1 atom stereocenters. The fraction of sp³-hybridized carbons (Fsp3) is 0.407. The van der Waals surface area contributed by atoms with Gasteiger partial charge >= 0.3 is 11.9 Å². The van der Waals surface area contributed by atoms with Crippen molar-refractivity contribution >= 4 is 11.9 Å². The lowest BCUT2D eigenvalue weighted by molar-refractivity contribution is -0.138. The normalized spacial score (nSPS) is 18.4. The molecule has 1 aliphatic heterocycles. The van der Waals surface area contributed by atoms with Crippen molar-refractivity contribution in [3.63, 3.8) is 0 Å². The predicted octanol–water partition coefficient (Wildman–Crippen LogP) is 5.61. The van der Waals surface area contributed by atoms with E-state index in [-0.39, 0.29) is 22.8 Å². The van der Waals surface area contributed by atoms with E-state index in [0.717, 1.165) is 22.3 Å². The Labute approximate surface area is 185 Å². The van der Waals surface area contributed by atoms with Gasteiger partial charge in [0.05, 0.1) is 7.11 Å². The number of esters is 2. The highest BCUT2D eigenvalue weighted by Gasteiger charge is 2.53. The van der Waals surface area contributed by atoms with Crippen LogP contribution in [0.25, 0.3) is 0 Å². The average Bonchev–Trinajstić information content (AvgIpc) is 2.98. The standard InChI is InChI=1S/C27H32O4/c1-17(23(28)30-8)16-27(18-12-10-9-11-13-18)21-15-19(25(2,3)4)14-20(26(5,6)7)22(21)31-24(27)29/h9-15H,1,16H2,2-8H3. The third-order valence-electron chi connectivity index (χ3n) is 5.99. The van der Waals surface area contributed by atoms with Gasteiger partial charge < -0.3 is 9.47 Å². The summed E-state index contributed by atoms with van der Waals surface area (Å²) in [7, 11) is 1.32. The fourth-order valence-corrected chi connectivity index (χ4v) is 4.14. The Morgan fingerprint density at radius 2 is 1.65 bits per heavy atom. The van der Waals surface area contributed by atoms with Crippen LogP contribution in [0.2, 0.25) is 0 Å². The zero-order valence-corrected chi connectivity index (χ0v) is 19.6. The van der Waals surface area contributed by atoms with E-state index < -0.39 is 17.4 Å². The number of fused-ring (bicyclic) bond motifs is 1. The molecule has 0 radical (unpaired) electrons. The van der Waals surface area contributed by atoms with Crippen molar-refractivity contribution in [2.75, 3.05) is 7.11 Å². The Morgan fingerprint density at radius 1 is 1.03 bits per heavy atom. The summed E-state index contributed by atoms with van der Waals surface area (Å²) in [5.74, 6) is -0.332. The van der Waals surface area contributed by atoms with Crippen LogP contribution >= 0.6 is 0 Å². The maximum atomic E-state index is 13.6. The molecule has 0 aromatic heterocycles. The summed E-state index contributed by atoms with van der Waals surface area (Å²) in [6.07, 6.45) is 0.0900. The van der Waals surface area contributed by atoms with Crippen molar-refractivity contribution in [2.24, 2.45) is 0 Å². The third-order valence-corrected chi connectivity index (χ3v) is 5.99. The lowest BCUT2D eigenvalue weighted by atomic mass is 9.68. The first kappa shape index (κ1) is 22.8. The number of hydrogen-bond acceptors (Lipinski definition) is 4. The molecule has 2 aromatic rings. The molecule has 4 nitrogen and oxygen atoms in total. The number of methoxy groups -OCH3 is 1. The van der Waals surface area contributed by atoms with Gasteiger partial charge in [-0.05, 0) is 22.0 Å². The van der Waals surface area contributed by atoms with Gasteiger partial charge in [-0.3, -0.25) is 4.79 Å². The summed E-state index contributed by atoms with van der Waals surface area (Å²) in [5, 5.41) is 0. The highest BCUT2D eigenvalue weighted by molar-refractivity contribution is 5.98. The summed E-state index contributed by atoms with van der Waals surface area (Å²) >= 11 is 0. The minimum Gasteiger partial charge on any atom is -0.466 e. The second kappa shape index (κ2) is 7.67. The van der Waals surface area contributed by atoms with Crippen molar-refractivity contribution in [3.8, 4) is 5.75 Å². The van der Waals surface area contributed by atoms with Crippen LogP contribution < -0.4 is 4.74 Å². The predicted molar refractivity (Wildman–Crippen MR) is 122 cm³/mol. The quantitative estimate of drug-likeness (QED) is 0.367. The number of carbonyl (C=O) groups excluding carboxylic acids is 2. The largest absolute Gasteiger partial charge is 0.466 e. The number of ether oxygens (including phenoxy) is 2. The number of hydrogen-bond donors (Lipinski definition) is 0. The Morgan fingerprint density at radius 3 is 2.16 bits per heavy atom. The van der Waals surface area contributed by atoms with Gasteiger partial charge in [0.1, 0.15) is 11.2 Å². The Hall–Kier alpha value is -2.88. The molecule has 0 fully saturated rings. The number of carbonyl (C=O) groups is 2. The molecule has 31 heavy (non-hydrogen) atoms. The lowest BCUT2D eigenvalue weighted by Crippen LogP contribution is -2.36. The van der Waals surface area contributed by atoms with Crippen molar-refractivity contribution in [1.29, 1.82) is 0 Å². The maximum Gasteiger partial charge on any atom is 0.333 e. The van der Waals surface area contributed by atoms with Gasteiger partial charge in [-0.2, -0.15) is 0 Å². The molecule has 0 saturated carbocycles. The Kier molecular flexibility index (Phi) is 5.64. The maximum absolute atomic E-state index is 13.6. The summed E-state index contributed by atoms with van der Waals surface area (Å²) in [6.45, 7) is 16.7. The van der Waals surface area contributed by atoms with Crippen molar-refractivity contribution in [1.82, 2.24) is 0 Å². The van der Waals surface area contributed by atoms with Crippen LogP contribution in [0.5, 0.6) is 5.75 Å². The Bertz CT molecular complexity index is 1040. The van der Waals surface area contributed by atoms with Crippen LogP contribution in [0.4, 0.5) is 0 Å². The van der Waals surface area contributed by atoms with E-state index in [9.17, 15) is 9.59 Å². The lowest BCUT2D eigenvalue weighted by Gasteiger charge is -2.30. The summed E-state index contributed by atoms with van der Waals surface area (Å²) in [6, 6.07) is 13.7. The molecule has 1 unspecified atom stereocenters. The highest BCUT2D eigenvalue weighted by Crippen LogP contribution is 2.52. The highest BCUT2D eigenvalue weighted by atomic mass is 16.5. The minimum atomic E-state index is -1.16. The van der Waals surface area contributed by atoms with Crippen LogP contribution in [0, 0.1) is 0 Å². The summed E-state index contributed by atoms with van der Waals surface area (Å²) in [5.41, 5.74) is 2.34. The summed E-state index contributed by atoms with van der Waals surface area (Å²) in [4.78, 5) is 25.9. The van der Waals surface area contributed by atoms with Crippen LogP contribution in [0.1, 0.15) is 70.2 Å². The van der Waals surface area contributed by atoms with Gasteiger partial charge in [-0.15, -0.1) is 0 Å². The van der Waals surface area contributed by atoms with E-state index in [0.29, 0.717) is 5.75 Å². The van der Waals surface area contributed by atoms with Crippen LogP contribution in [0.3, 0.4) is 0 Å². The van der Waals surface area contributed by atoms with E-state index in [1.807, 2.05) is 30.3 Å². The molecule has 0 saturated heterocycles. The molecule has 0 aliphatic carbocycles. The smallest absolute Gasteiger partial charge is 0.333 e. The molecule has 1 aliphatic rings. The van der Waals surface area contributed by atoms with E-state index in [1.165, 1.54) is 7.11 Å². The molecule has 0 spiro atoms.